The Morgan fingerprint density at radius 3 is 2.45 bits per heavy atom. The number of hydrogen-bond acceptors (Lipinski definition) is 2. The molecule has 0 aromatic heterocycles. The largest absolute Gasteiger partial charge is 0.352 e. The minimum atomic E-state index is -0.0352. The molecule has 2 rings (SSSR count). The van der Waals surface area contributed by atoms with E-state index in [2.05, 4.69) is 17.6 Å². The van der Waals surface area contributed by atoms with Gasteiger partial charge in [-0.2, -0.15) is 0 Å². The van der Waals surface area contributed by atoms with Crippen LogP contribution in [0.2, 0.25) is 0 Å². The van der Waals surface area contributed by atoms with Gasteiger partial charge >= 0.3 is 0 Å². The summed E-state index contributed by atoms with van der Waals surface area (Å²) in [6, 6.07) is 7.39. The summed E-state index contributed by atoms with van der Waals surface area (Å²) >= 11 is 0. The minimum Gasteiger partial charge on any atom is -0.352 e. The minimum absolute atomic E-state index is 0.0352. The van der Waals surface area contributed by atoms with Gasteiger partial charge in [0.2, 0.25) is 5.91 Å². The van der Waals surface area contributed by atoms with Gasteiger partial charge in [-0.1, -0.05) is 25.5 Å². The van der Waals surface area contributed by atoms with Crippen molar-refractivity contribution in [3.63, 3.8) is 0 Å². The Kier molecular flexibility index (Phi) is 5.16. The molecule has 0 spiro atoms. The molecule has 20 heavy (non-hydrogen) atoms. The summed E-state index contributed by atoms with van der Waals surface area (Å²) in [6.45, 7) is 3.35. The van der Waals surface area contributed by atoms with Crippen molar-refractivity contribution in [2.45, 2.75) is 39.2 Å². The van der Waals surface area contributed by atoms with E-state index in [0.29, 0.717) is 18.7 Å². The van der Waals surface area contributed by atoms with Crippen LogP contribution in [0.15, 0.2) is 24.3 Å². The maximum atomic E-state index is 11.8. The van der Waals surface area contributed by atoms with Gasteiger partial charge in [0.15, 0.2) is 0 Å². The molecule has 0 unspecified atom stereocenters. The molecule has 0 bridgehead atoms. The van der Waals surface area contributed by atoms with Crippen LogP contribution < -0.4 is 10.6 Å². The maximum absolute atomic E-state index is 11.8. The zero-order valence-electron chi connectivity index (χ0n) is 11.9. The Labute approximate surface area is 119 Å². The number of rotatable bonds is 7. The van der Waals surface area contributed by atoms with Crippen LogP contribution in [0.4, 0.5) is 0 Å². The molecule has 108 valence electrons. The normalized spacial score (nSPS) is 13.8. The highest BCUT2D eigenvalue weighted by atomic mass is 16.2. The van der Waals surface area contributed by atoms with E-state index in [-0.39, 0.29) is 17.7 Å². The van der Waals surface area contributed by atoms with Gasteiger partial charge in [-0.15, -0.1) is 0 Å². The third-order valence-corrected chi connectivity index (χ3v) is 3.45. The van der Waals surface area contributed by atoms with Crippen LogP contribution in [-0.4, -0.2) is 18.4 Å². The average molecular weight is 274 g/mol. The number of unbranched alkanes of at least 4 members (excludes halogenated alkanes) is 1. The first kappa shape index (κ1) is 14.6. The Balaban J connectivity index is 1.79. The van der Waals surface area contributed by atoms with Gasteiger partial charge < -0.3 is 10.6 Å². The van der Waals surface area contributed by atoms with E-state index in [0.717, 1.165) is 31.2 Å². The third-order valence-electron chi connectivity index (χ3n) is 3.45. The first-order valence-corrected chi connectivity index (χ1v) is 7.35. The average Bonchev–Trinajstić information content (AvgIpc) is 3.30. The Bertz CT molecular complexity index is 464. The number of benzene rings is 1. The molecule has 1 fully saturated rings. The molecule has 2 N–H and O–H groups in total. The van der Waals surface area contributed by atoms with Crippen molar-refractivity contribution in [3.05, 3.63) is 35.4 Å². The van der Waals surface area contributed by atoms with Crippen molar-refractivity contribution >= 4 is 11.8 Å². The summed E-state index contributed by atoms with van der Waals surface area (Å²) in [5, 5.41) is 5.80. The smallest absolute Gasteiger partial charge is 0.251 e. The highest BCUT2D eigenvalue weighted by Crippen LogP contribution is 2.28. The lowest BCUT2D eigenvalue weighted by atomic mass is 10.1. The lowest BCUT2D eigenvalue weighted by molar-refractivity contribution is -0.122. The van der Waals surface area contributed by atoms with Crippen molar-refractivity contribution in [2.24, 2.45) is 5.92 Å². The van der Waals surface area contributed by atoms with Gasteiger partial charge in [-0.05, 0) is 37.0 Å². The second kappa shape index (κ2) is 7.08. The molecule has 2 amide bonds. The van der Waals surface area contributed by atoms with Gasteiger partial charge in [0.05, 0.1) is 0 Å². The summed E-state index contributed by atoms with van der Waals surface area (Å²) in [5.74, 6) is 0.344. The van der Waals surface area contributed by atoms with Gasteiger partial charge in [-0.25, -0.2) is 0 Å². The lowest BCUT2D eigenvalue weighted by Crippen LogP contribution is -2.25. The molecule has 4 nitrogen and oxygen atoms in total. The second-order valence-corrected chi connectivity index (χ2v) is 5.30. The number of amides is 2. The van der Waals surface area contributed by atoms with Crippen molar-refractivity contribution in [2.75, 3.05) is 6.54 Å². The molecule has 0 radical (unpaired) electrons. The first-order valence-electron chi connectivity index (χ1n) is 7.35. The standard InChI is InChI=1S/C16H22N2O2/c1-2-3-10-17-15(19)13-6-4-12(5-7-13)11-18-16(20)14-8-9-14/h4-7,14H,2-3,8-11H2,1H3,(H,17,19)(H,18,20). The zero-order valence-corrected chi connectivity index (χ0v) is 11.9. The summed E-state index contributed by atoms with van der Waals surface area (Å²) in [5.41, 5.74) is 1.68. The van der Waals surface area contributed by atoms with E-state index in [1.54, 1.807) is 12.1 Å². The fourth-order valence-electron chi connectivity index (χ4n) is 1.93. The van der Waals surface area contributed by atoms with Gasteiger partial charge in [0.25, 0.3) is 5.91 Å². The lowest BCUT2D eigenvalue weighted by Gasteiger charge is -2.07. The monoisotopic (exact) mass is 274 g/mol. The molecular formula is C16H22N2O2. The summed E-state index contributed by atoms with van der Waals surface area (Å²) in [6.07, 6.45) is 4.10. The van der Waals surface area contributed by atoms with Crippen molar-refractivity contribution in [3.8, 4) is 0 Å². The molecule has 1 aliphatic carbocycles. The Morgan fingerprint density at radius 2 is 1.85 bits per heavy atom. The fourth-order valence-corrected chi connectivity index (χ4v) is 1.93. The van der Waals surface area contributed by atoms with Crippen molar-refractivity contribution in [1.82, 2.24) is 10.6 Å². The van der Waals surface area contributed by atoms with E-state index in [9.17, 15) is 9.59 Å². The van der Waals surface area contributed by atoms with Crippen LogP contribution in [0.1, 0.15) is 48.5 Å². The topological polar surface area (TPSA) is 58.2 Å². The molecule has 0 saturated heterocycles. The van der Waals surface area contributed by atoms with E-state index in [4.69, 9.17) is 0 Å². The van der Waals surface area contributed by atoms with Crippen molar-refractivity contribution in [1.29, 1.82) is 0 Å². The van der Waals surface area contributed by atoms with Crippen LogP contribution in [0.3, 0.4) is 0 Å². The SMILES string of the molecule is CCCCNC(=O)c1ccc(CNC(=O)C2CC2)cc1. The molecular weight excluding hydrogens is 252 g/mol. The second-order valence-electron chi connectivity index (χ2n) is 5.30. The number of carbonyl (C=O) groups is 2. The molecule has 1 aromatic carbocycles. The fraction of sp³-hybridized carbons (Fsp3) is 0.500. The van der Waals surface area contributed by atoms with Crippen molar-refractivity contribution < 1.29 is 9.59 Å². The maximum Gasteiger partial charge on any atom is 0.251 e. The van der Waals surface area contributed by atoms with Crippen LogP contribution in [0, 0.1) is 5.92 Å². The highest BCUT2D eigenvalue weighted by molar-refractivity contribution is 5.94. The van der Waals surface area contributed by atoms with Crippen LogP contribution in [-0.2, 0) is 11.3 Å². The van der Waals surface area contributed by atoms with E-state index in [1.165, 1.54) is 0 Å². The highest BCUT2D eigenvalue weighted by Gasteiger charge is 2.29. The van der Waals surface area contributed by atoms with Crippen LogP contribution >= 0.6 is 0 Å². The van der Waals surface area contributed by atoms with Gasteiger partial charge in [0, 0.05) is 24.6 Å². The van der Waals surface area contributed by atoms with Crippen LogP contribution in [0.25, 0.3) is 0 Å². The molecule has 1 aliphatic rings. The Hall–Kier alpha value is -1.84. The quantitative estimate of drug-likeness (QED) is 0.749. The first-order chi connectivity index (χ1) is 9.70. The van der Waals surface area contributed by atoms with Crippen LogP contribution in [0.5, 0.6) is 0 Å². The number of hydrogen-bond donors (Lipinski definition) is 2. The number of nitrogens with one attached hydrogen (secondary N) is 2. The third kappa shape index (κ3) is 4.37. The molecule has 4 heteroatoms. The zero-order chi connectivity index (χ0) is 14.4. The molecule has 0 atom stereocenters. The number of carbonyl (C=O) groups excluding carboxylic acids is 2. The molecule has 0 aliphatic heterocycles. The van der Waals surface area contributed by atoms with E-state index >= 15 is 0 Å². The summed E-state index contributed by atoms with van der Waals surface area (Å²) in [7, 11) is 0. The summed E-state index contributed by atoms with van der Waals surface area (Å²) in [4.78, 5) is 23.3. The van der Waals surface area contributed by atoms with Gasteiger partial charge in [-0.3, -0.25) is 9.59 Å². The summed E-state index contributed by atoms with van der Waals surface area (Å²) < 4.78 is 0. The molecule has 1 saturated carbocycles. The Morgan fingerprint density at radius 1 is 1.15 bits per heavy atom. The van der Waals surface area contributed by atoms with E-state index in [1.807, 2.05) is 12.1 Å². The van der Waals surface area contributed by atoms with E-state index < -0.39 is 0 Å². The molecule has 0 heterocycles. The molecule has 1 aromatic rings. The predicted molar refractivity (Wildman–Crippen MR) is 78.3 cm³/mol. The van der Waals surface area contributed by atoms with Gasteiger partial charge in [0.1, 0.15) is 0 Å². The predicted octanol–water partition coefficient (Wildman–Crippen LogP) is 2.24.